The van der Waals surface area contributed by atoms with Gasteiger partial charge in [-0.2, -0.15) is 9.97 Å². The lowest BCUT2D eigenvalue weighted by Crippen LogP contribution is -2.56. The van der Waals surface area contributed by atoms with Crippen molar-refractivity contribution in [3.05, 3.63) is 77.0 Å². The van der Waals surface area contributed by atoms with Gasteiger partial charge in [-0.25, -0.2) is 19.7 Å². The molecule has 2 aliphatic heterocycles. The summed E-state index contributed by atoms with van der Waals surface area (Å²) in [6.07, 6.45) is 2.36. The van der Waals surface area contributed by atoms with E-state index in [1.807, 2.05) is 7.05 Å². The molecule has 0 unspecified atom stereocenters. The summed E-state index contributed by atoms with van der Waals surface area (Å²) in [6, 6.07) is 7.29. The zero-order valence-electron chi connectivity index (χ0n) is 25.3. The molecule has 9 nitrogen and oxygen atoms in total. The second kappa shape index (κ2) is 12.7. The lowest BCUT2D eigenvalue weighted by atomic mass is 10.0. The first-order chi connectivity index (χ1) is 22.1. The molecule has 1 amide bonds. The number of likely N-dealkylation sites (N-methyl/N-ethyl adjacent to an activating group) is 1. The molecule has 0 spiro atoms. The van der Waals surface area contributed by atoms with E-state index in [9.17, 15) is 13.6 Å². The molecule has 2 fully saturated rings. The maximum Gasteiger partial charge on any atom is 0.319 e. The number of benzene rings is 2. The largest absolute Gasteiger partial charge is 0.462 e. The van der Waals surface area contributed by atoms with E-state index in [4.69, 9.17) is 22.9 Å². The Morgan fingerprint density at radius 3 is 2.70 bits per heavy atom. The average Bonchev–Trinajstić information content (AvgIpc) is 3.37. The molecular formula is C33H31ClF3N7O2. The van der Waals surface area contributed by atoms with Crippen LogP contribution in [0.1, 0.15) is 13.3 Å². The summed E-state index contributed by atoms with van der Waals surface area (Å²) in [5.74, 6) is -2.60. The Bertz CT molecular complexity index is 1900. The molecule has 2 aromatic carbocycles. The highest BCUT2D eigenvalue weighted by atomic mass is 35.5. The van der Waals surface area contributed by atoms with Gasteiger partial charge in [-0.05, 0) is 30.8 Å². The summed E-state index contributed by atoms with van der Waals surface area (Å²) in [4.78, 5) is 34.8. The molecule has 4 heterocycles. The molecule has 13 heteroatoms. The summed E-state index contributed by atoms with van der Waals surface area (Å²) in [5.41, 5.74) is 0.148. The maximum absolute atomic E-state index is 16.6. The number of likely N-dealkylation sites (tertiary alicyclic amines) is 1. The van der Waals surface area contributed by atoms with Crippen molar-refractivity contribution in [3.63, 3.8) is 0 Å². The third-order valence-electron chi connectivity index (χ3n) is 8.71. The van der Waals surface area contributed by atoms with Crippen LogP contribution in [-0.4, -0.2) is 89.1 Å². The van der Waals surface area contributed by atoms with Crippen LogP contribution in [0.2, 0.25) is 5.02 Å². The van der Waals surface area contributed by atoms with Crippen LogP contribution in [0.5, 0.6) is 6.01 Å². The first-order valence-electron chi connectivity index (χ1n) is 14.9. The van der Waals surface area contributed by atoms with Crippen molar-refractivity contribution in [3.8, 4) is 17.3 Å². The Morgan fingerprint density at radius 1 is 1.17 bits per heavy atom. The number of piperazine rings is 1. The van der Waals surface area contributed by atoms with E-state index in [1.165, 1.54) is 17.2 Å². The standard InChI is InChI=1S/C33H31ClF3N7O2/c1-18-12-21(42(4)15-18)17-46-33-40-30-24(31(41-33)43-10-11-44(32(45)19(2)35)22(16-43)13-38-3)14-39-29(28(30)37)23-7-5-6-20-8-9-25(36)27(34)26(20)23/h5-9,14,18,21-22H,2,10-13,15-17H2,1,4H3/t18-,21-,22+/m1/s1. The van der Waals surface area contributed by atoms with Gasteiger partial charge in [-0.1, -0.05) is 49.4 Å². The lowest BCUT2D eigenvalue weighted by molar-refractivity contribution is -0.131. The molecule has 2 aliphatic rings. The molecular weight excluding hydrogens is 619 g/mol. The number of anilines is 1. The zero-order valence-corrected chi connectivity index (χ0v) is 26.1. The molecule has 46 heavy (non-hydrogen) atoms. The molecule has 0 saturated carbocycles. The number of hydrogen-bond acceptors (Lipinski definition) is 7. The Labute approximate surface area is 269 Å². The highest BCUT2D eigenvalue weighted by molar-refractivity contribution is 6.36. The number of halogens is 4. The molecule has 0 N–H and O–H groups in total. The van der Waals surface area contributed by atoms with E-state index in [0.29, 0.717) is 28.1 Å². The summed E-state index contributed by atoms with van der Waals surface area (Å²) in [7, 11) is 2.02. The molecule has 3 atom stereocenters. The van der Waals surface area contributed by atoms with Gasteiger partial charge in [0.25, 0.3) is 5.91 Å². The minimum atomic E-state index is -1.11. The van der Waals surface area contributed by atoms with Crippen LogP contribution in [0.3, 0.4) is 0 Å². The molecule has 4 aromatic rings. The van der Waals surface area contributed by atoms with Gasteiger partial charge < -0.3 is 19.4 Å². The third kappa shape index (κ3) is 5.81. The monoisotopic (exact) mass is 649 g/mol. The number of carbonyl (C=O) groups is 1. The van der Waals surface area contributed by atoms with Crippen LogP contribution in [-0.2, 0) is 4.79 Å². The van der Waals surface area contributed by atoms with E-state index in [1.54, 1.807) is 29.2 Å². The minimum Gasteiger partial charge on any atom is -0.462 e. The van der Waals surface area contributed by atoms with Crippen molar-refractivity contribution in [1.82, 2.24) is 24.8 Å². The highest BCUT2D eigenvalue weighted by Crippen LogP contribution is 2.38. The number of rotatable bonds is 7. The van der Waals surface area contributed by atoms with Gasteiger partial charge >= 0.3 is 6.01 Å². The maximum atomic E-state index is 16.6. The second-order valence-corrected chi connectivity index (χ2v) is 12.2. The third-order valence-corrected chi connectivity index (χ3v) is 9.08. The second-order valence-electron chi connectivity index (χ2n) is 11.9. The van der Waals surface area contributed by atoms with E-state index in [-0.39, 0.29) is 66.5 Å². The molecule has 0 radical (unpaired) electrons. The van der Waals surface area contributed by atoms with Crippen molar-refractivity contribution in [1.29, 1.82) is 0 Å². The van der Waals surface area contributed by atoms with Gasteiger partial charge in [0.05, 0.1) is 10.4 Å². The number of carbonyl (C=O) groups excluding carboxylic acids is 1. The van der Waals surface area contributed by atoms with Crippen molar-refractivity contribution in [2.24, 2.45) is 5.92 Å². The normalized spacial score (nSPS) is 20.3. The Morgan fingerprint density at radius 2 is 1.98 bits per heavy atom. The lowest BCUT2D eigenvalue weighted by Gasteiger charge is -2.39. The molecule has 0 bridgehead atoms. The van der Waals surface area contributed by atoms with Crippen LogP contribution in [0.15, 0.2) is 48.9 Å². The average molecular weight is 650 g/mol. The smallest absolute Gasteiger partial charge is 0.319 e. The summed E-state index contributed by atoms with van der Waals surface area (Å²) >= 11 is 6.36. The van der Waals surface area contributed by atoms with Crippen molar-refractivity contribution in [2.45, 2.75) is 25.4 Å². The number of fused-ring (bicyclic) bond motifs is 2. The van der Waals surface area contributed by atoms with Crippen molar-refractivity contribution < 1.29 is 22.7 Å². The molecule has 2 saturated heterocycles. The Hall–Kier alpha value is -4.47. The number of nitrogens with zero attached hydrogens (tertiary/aromatic N) is 7. The number of pyridine rings is 1. The topological polar surface area (TPSA) is 79.1 Å². The predicted molar refractivity (Wildman–Crippen MR) is 170 cm³/mol. The Kier molecular flexibility index (Phi) is 8.72. The van der Waals surface area contributed by atoms with E-state index in [0.717, 1.165) is 13.0 Å². The van der Waals surface area contributed by atoms with Gasteiger partial charge in [0, 0.05) is 49.4 Å². The summed E-state index contributed by atoms with van der Waals surface area (Å²) < 4.78 is 51.1. The van der Waals surface area contributed by atoms with Crippen LogP contribution in [0, 0.1) is 24.1 Å². The fraction of sp³-hybridized carbons (Fsp3) is 0.364. The zero-order chi connectivity index (χ0) is 32.7. The SMILES string of the molecule is [C-]#[N+]C[C@H]1CN(c2nc(OC[C@H]3C[C@@H](C)CN3C)nc3c(F)c(-c4cccc5ccc(F)c(Cl)c45)ncc23)CCN1C(=O)C(=C)F. The first-order valence-corrected chi connectivity index (χ1v) is 15.2. The fourth-order valence-corrected chi connectivity index (χ4v) is 6.75. The first kappa shape index (κ1) is 31.5. The van der Waals surface area contributed by atoms with Crippen LogP contribution in [0.25, 0.3) is 37.8 Å². The van der Waals surface area contributed by atoms with Crippen molar-refractivity contribution in [2.75, 3.05) is 51.3 Å². The van der Waals surface area contributed by atoms with Gasteiger partial charge in [0.1, 0.15) is 35.5 Å². The van der Waals surface area contributed by atoms with E-state index >= 15 is 4.39 Å². The summed E-state index contributed by atoms with van der Waals surface area (Å²) in [6.45, 7) is 14.2. The number of aromatic nitrogens is 3. The quantitative estimate of drug-likeness (QED) is 0.182. The Balaban J connectivity index is 1.46. The highest BCUT2D eigenvalue weighted by Gasteiger charge is 2.36. The van der Waals surface area contributed by atoms with Crippen LogP contribution >= 0.6 is 11.6 Å². The molecule has 6 rings (SSSR count). The van der Waals surface area contributed by atoms with Crippen molar-refractivity contribution >= 4 is 45.0 Å². The molecule has 238 valence electrons. The van der Waals surface area contributed by atoms with Gasteiger partial charge in [-0.15, -0.1) is 0 Å². The van der Waals surface area contributed by atoms with Gasteiger partial charge in [0.2, 0.25) is 6.54 Å². The van der Waals surface area contributed by atoms with E-state index < -0.39 is 29.4 Å². The number of amides is 1. The molecule has 0 aliphatic carbocycles. The fourth-order valence-electron chi connectivity index (χ4n) is 6.48. The predicted octanol–water partition coefficient (Wildman–Crippen LogP) is 5.92. The number of ether oxygens (including phenoxy) is 1. The van der Waals surface area contributed by atoms with Crippen LogP contribution in [0.4, 0.5) is 19.0 Å². The van der Waals surface area contributed by atoms with E-state index in [2.05, 4.69) is 38.2 Å². The van der Waals surface area contributed by atoms with Gasteiger partial charge in [-0.3, -0.25) is 14.7 Å². The van der Waals surface area contributed by atoms with Gasteiger partial charge in [0.15, 0.2) is 11.6 Å². The molecule has 2 aromatic heterocycles. The van der Waals surface area contributed by atoms with Crippen LogP contribution < -0.4 is 9.64 Å². The minimum absolute atomic E-state index is 0.0501. The number of hydrogen-bond donors (Lipinski definition) is 0. The summed E-state index contributed by atoms with van der Waals surface area (Å²) in [5, 5.41) is 1.05.